The minimum absolute atomic E-state index is 0.0301. The van der Waals surface area contributed by atoms with E-state index < -0.39 is 11.9 Å². The summed E-state index contributed by atoms with van der Waals surface area (Å²) >= 11 is 2.19. The number of alkyl halides is 4. The lowest BCUT2D eigenvalue weighted by atomic mass is 9.95. The van der Waals surface area contributed by atoms with Crippen molar-refractivity contribution in [3.05, 3.63) is 18.1 Å². The van der Waals surface area contributed by atoms with E-state index >= 15 is 0 Å². The first-order chi connectivity index (χ1) is 11.4. The second kappa shape index (κ2) is 7.28. The van der Waals surface area contributed by atoms with Gasteiger partial charge >= 0.3 is 6.18 Å². The zero-order valence-electron chi connectivity index (χ0n) is 13.1. The molecule has 24 heavy (non-hydrogen) atoms. The quantitative estimate of drug-likeness (QED) is 0.485. The second-order valence-corrected chi connectivity index (χ2v) is 6.84. The molecule has 2 saturated heterocycles. The van der Waals surface area contributed by atoms with E-state index in [4.69, 9.17) is 9.47 Å². The summed E-state index contributed by atoms with van der Waals surface area (Å²) < 4.78 is 49.9. The largest absolute Gasteiger partial charge is 0.476 e. The van der Waals surface area contributed by atoms with E-state index in [2.05, 4.69) is 37.5 Å². The Bertz CT molecular complexity index is 575. The van der Waals surface area contributed by atoms with Gasteiger partial charge in [-0.05, 0) is 32.2 Å². The van der Waals surface area contributed by atoms with E-state index in [1.54, 1.807) is 0 Å². The number of hydrogen-bond donors (Lipinski definition) is 0. The number of fused-ring (bicyclic) bond motifs is 1. The molecule has 0 saturated carbocycles. The van der Waals surface area contributed by atoms with Gasteiger partial charge in [0.25, 0.3) is 0 Å². The topological polar surface area (TPSA) is 47.5 Å². The van der Waals surface area contributed by atoms with Crippen molar-refractivity contribution in [3.8, 4) is 5.88 Å². The van der Waals surface area contributed by atoms with Crippen molar-refractivity contribution in [2.45, 2.75) is 43.4 Å². The SMILES string of the molecule is FC(F)(F)c1cc(OCC2CCC3(COCI)CCCN23)ncn1. The summed E-state index contributed by atoms with van der Waals surface area (Å²) in [4.78, 5) is 9.44. The van der Waals surface area contributed by atoms with Gasteiger partial charge in [-0.15, -0.1) is 0 Å². The van der Waals surface area contributed by atoms with Crippen molar-refractivity contribution >= 4 is 22.6 Å². The molecule has 0 radical (unpaired) electrons. The number of hydrogen-bond acceptors (Lipinski definition) is 5. The molecule has 0 aromatic carbocycles. The summed E-state index contributed by atoms with van der Waals surface area (Å²) in [5, 5.41) is 0. The van der Waals surface area contributed by atoms with E-state index in [-0.39, 0.29) is 17.5 Å². The third-order valence-corrected chi connectivity index (χ3v) is 5.28. The minimum Gasteiger partial charge on any atom is -0.476 e. The first kappa shape index (κ1) is 18.1. The van der Waals surface area contributed by atoms with Gasteiger partial charge in [0.1, 0.15) is 12.9 Å². The van der Waals surface area contributed by atoms with Crippen LogP contribution in [-0.2, 0) is 10.9 Å². The van der Waals surface area contributed by atoms with E-state index in [1.165, 1.54) is 0 Å². The summed E-state index contributed by atoms with van der Waals surface area (Å²) in [6, 6.07) is 1.04. The highest BCUT2D eigenvalue weighted by Gasteiger charge is 2.49. The molecule has 134 valence electrons. The molecule has 0 N–H and O–H groups in total. The van der Waals surface area contributed by atoms with Gasteiger partial charge in [0, 0.05) is 17.6 Å². The molecule has 0 bridgehead atoms. The molecule has 2 atom stereocenters. The van der Waals surface area contributed by atoms with Crippen LogP contribution in [0.5, 0.6) is 5.88 Å². The lowest BCUT2D eigenvalue weighted by Crippen LogP contribution is -2.47. The Morgan fingerprint density at radius 2 is 2.17 bits per heavy atom. The van der Waals surface area contributed by atoms with Crippen LogP contribution in [0.4, 0.5) is 13.2 Å². The standard InChI is InChI=1S/C15H19F3IN3O2/c16-15(17,18)12-6-13(21-10-20-12)24-7-11-2-4-14(8-23-9-19)3-1-5-22(11)14/h6,10-11H,1-5,7-9H2. The van der Waals surface area contributed by atoms with Crippen molar-refractivity contribution in [1.29, 1.82) is 0 Å². The summed E-state index contributed by atoms with van der Waals surface area (Å²) in [5.41, 5.74) is -0.910. The first-order valence-corrected chi connectivity index (χ1v) is 9.40. The first-order valence-electron chi connectivity index (χ1n) is 7.87. The molecule has 9 heteroatoms. The zero-order chi connectivity index (χ0) is 17.2. The van der Waals surface area contributed by atoms with Crippen molar-refractivity contribution in [2.24, 2.45) is 0 Å². The molecule has 5 nitrogen and oxygen atoms in total. The molecule has 3 rings (SSSR count). The fourth-order valence-electron chi connectivity index (χ4n) is 3.77. The van der Waals surface area contributed by atoms with Gasteiger partial charge in [-0.3, -0.25) is 4.90 Å². The Morgan fingerprint density at radius 3 is 2.92 bits per heavy atom. The van der Waals surface area contributed by atoms with Gasteiger partial charge in [-0.25, -0.2) is 9.97 Å². The Balaban J connectivity index is 1.62. The van der Waals surface area contributed by atoms with Gasteiger partial charge in [-0.2, -0.15) is 13.2 Å². The molecular weight excluding hydrogens is 438 g/mol. The monoisotopic (exact) mass is 457 g/mol. The number of rotatable bonds is 6. The lowest BCUT2D eigenvalue weighted by Gasteiger charge is -2.34. The fourth-order valence-corrected chi connectivity index (χ4v) is 3.99. The molecule has 2 unspecified atom stereocenters. The van der Waals surface area contributed by atoms with E-state index in [0.29, 0.717) is 17.8 Å². The van der Waals surface area contributed by atoms with Crippen LogP contribution in [0.25, 0.3) is 0 Å². The fraction of sp³-hybridized carbons (Fsp3) is 0.733. The number of ether oxygens (including phenoxy) is 2. The van der Waals surface area contributed by atoms with Gasteiger partial charge in [0.15, 0.2) is 5.69 Å². The number of nitrogens with zero attached hydrogens (tertiary/aromatic N) is 3. The molecular formula is C15H19F3IN3O2. The maximum absolute atomic E-state index is 12.7. The van der Waals surface area contributed by atoms with Gasteiger partial charge in [0.2, 0.25) is 5.88 Å². The highest BCUT2D eigenvalue weighted by atomic mass is 127. The molecule has 1 aromatic rings. The Kier molecular flexibility index (Phi) is 5.50. The van der Waals surface area contributed by atoms with Crippen LogP contribution in [0, 0.1) is 0 Å². The maximum Gasteiger partial charge on any atom is 0.433 e. The molecule has 1 aromatic heterocycles. The van der Waals surface area contributed by atoms with Crippen LogP contribution in [0.3, 0.4) is 0 Å². The zero-order valence-corrected chi connectivity index (χ0v) is 15.2. The molecule has 0 spiro atoms. The number of aromatic nitrogens is 2. The Hall–Kier alpha value is -0.680. The smallest absolute Gasteiger partial charge is 0.433 e. The highest BCUT2D eigenvalue weighted by Crippen LogP contribution is 2.42. The molecule has 3 heterocycles. The highest BCUT2D eigenvalue weighted by molar-refractivity contribution is 14.1. The summed E-state index contributed by atoms with van der Waals surface area (Å²) in [7, 11) is 0. The van der Waals surface area contributed by atoms with Crippen LogP contribution < -0.4 is 4.74 Å². The minimum atomic E-state index is -4.49. The summed E-state index contributed by atoms with van der Waals surface area (Å²) in [6.07, 6.45) is 0.617. The number of halogens is 4. The predicted molar refractivity (Wildman–Crippen MR) is 89.1 cm³/mol. The van der Waals surface area contributed by atoms with E-state index in [0.717, 1.165) is 44.6 Å². The maximum atomic E-state index is 12.7. The normalized spacial score (nSPS) is 27.4. The summed E-state index contributed by atoms with van der Waals surface area (Å²) in [5.74, 6) is -0.0301. The van der Waals surface area contributed by atoms with Crippen LogP contribution in [0.1, 0.15) is 31.4 Å². The van der Waals surface area contributed by atoms with Crippen molar-refractivity contribution in [3.63, 3.8) is 0 Å². The van der Waals surface area contributed by atoms with Crippen LogP contribution in [-0.4, -0.2) is 50.8 Å². The second-order valence-electron chi connectivity index (χ2n) is 6.22. The molecule has 0 aliphatic carbocycles. The van der Waals surface area contributed by atoms with Crippen molar-refractivity contribution < 1.29 is 22.6 Å². The average molecular weight is 457 g/mol. The molecule has 2 aliphatic rings. The van der Waals surface area contributed by atoms with Crippen LogP contribution in [0.15, 0.2) is 12.4 Å². The Morgan fingerprint density at radius 1 is 1.33 bits per heavy atom. The van der Waals surface area contributed by atoms with Crippen molar-refractivity contribution in [1.82, 2.24) is 14.9 Å². The molecule has 2 aliphatic heterocycles. The van der Waals surface area contributed by atoms with Crippen LogP contribution in [0.2, 0.25) is 0 Å². The van der Waals surface area contributed by atoms with Crippen LogP contribution >= 0.6 is 22.6 Å². The van der Waals surface area contributed by atoms with E-state index in [1.807, 2.05) is 0 Å². The van der Waals surface area contributed by atoms with E-state index in [9.17, 15) is 13.2 Å². The third-order valence-electron chi connectivity index (χ3n) is 4.84. The lowest BCUT2D eigenvalue weighted by molar-refractivity contribution is -0.141. The summed E-state index contributed by atoms with van der Waals surface area (Å²) in [6.45, 7) is 2.02. The van der Waals surface area contributed by atoms with Gasteiger partial charge in [-0.1, -0.05) is 22.6 Å². The molecule has 0 amide bonds. The third kappa shape index (κ3) is 3.77. The van der Waals surface area contributed by atoms with Crippen molar-refractivity contribution in [2.75, 3.05) is 24.4 Å². The Labute approximate surface area is 152 Å². The predicted octanol–water partition coefficient (Wildman–Crippen LogP) is 3.28. The average Bonchev–Trinajstić information content (AvgIpc) is 3.10. The molecule has 2 fully saturated rings. The van der Waals surface area contributed by atoms with Gasteiger partial charge < -0.3 is 9.47 Å². The van der Waals surface area contributed by atoms with Gasteiger partial charge in [0.05, 0.1) is 11.2 Å².